The molecule has 1 aromatic rings. The van der Waals surface area contributed by atoms with Crippen LogP contribution in [0.25, 0.3) is 0 Å². The molecule has 0 aromatic heterocycles. The third-order valence-corrected chi connectivity index (χ3v) is 2.36. The van der Waals surface area contributed by atoms with Gasteiger partial charge in [-0.2, -0.15) is 23.8 Å². The summed E-state index contributed by atoms with van der Waals surface area (Å²) in [5.41, 5.74) is 8.36. The predicted octanol–water partition coefficient (Wildman–Crippen LogP) is -0.487. The van der Waals surface area contributed by atoms with Gasteiger partial charge < -0.3 is 15.4 Å². The van der Waals surface area contributed by atoms with Crippen LogP contribution in [0.1, 0.15) is 17.2 Å². The number of nitrogens with two attached hydrogens (primary N) is 1. The zero-order valence-corrected chi connectivity index (χ0v) is 12.1. The molecule has 1 aliphatic rings. The van der Waals surface area contributed by atoms with Crippen LogP contribution in [0.3, 0.4) is 0 Å². The Morgan fingerprint density at radius 2 is 2.43 bits per heavy atom. The van der Waals surface area contributed by atoms with Gasteiger partial charge in [-0.1, -0.05) is 6.92 Å². The summed E-state index contributed by atoms with van der Waals surface area (Å²) in [4.78, 5) is 0. The summed E-state index contributed by atoms with van der Waals surface area (Å²) in [6.07, 6.45) is -0.178. The molecule has 0 saturated carbocycles. The van der Waals surface area contributed by atoms with Crippen LogP contribution in [0, 0.1) is 44.1 Å². The summed E-state index contributed by atoms with van der Waals surface area (Å²) in [6.45, 7) is 2.37. The molecular formula is C9H11BNO2U-. The van der Waals surface area contributed by atoms with E-state index in [1.807, 2.05) is 13.0 Å². The first-order valence-corrected chi connectivity index (χ1v) is 4.28. The molecule has 3 N–H and O–H groups in total. The second-order valence-electron chi connectivity index (χ2n) is 3.20. The van der Waals surface area contributed by atoms with Crippen LogP contribution in [0.15, 0.2) is 12.1 Å². The number of hydrogen-bond donors (Lipinski definition) is 2. The van der Waals surface area contributed by atoms with Crippen LogP contribution in [0.2, 0.25) is 0 Å². The monoisotopic (exact) mass is 414 g/mol. The molecule has 0 aliphatic carbocycles. The first kappa shape index (κ1) is 12.3. The minimum atomic E-state index is -0.858. The second-order valence-corrected chi connectivity index (χ2v) is 3.20. The van der Waals surface area contributed by atoms with Crippen molar-refractivity contribution in [3.63, 3.8) is 0 Å². The average Bonchev–Trinajstić information content (AvgIpc) is 2.45. The smallest absolute Gasteiger partial charge is 0.424 e. The molecule has 2 rings (SSSR count). The maximum Gasteiger partial charge on any atom is 0.465 e. The standard InChI is InChI=1S/C9H11BNO2.U/c1-6-3-2-4-7-9(6)8(5-11)13-10(7)12;/h2-3,8,12H,5,11H2,1H3;/q-1;. The second kappa shape index (κ2) is 4.83. The van der Waals surface area contributed by atoms with E-state index in [0.29, 0.717) is 6.54 Å². The maximum absolute atomic E-state index is 9.50. The Morgan fingerprint density at radius 1 is 1.71 bits per heavy atom. The summed E-state index contributed by atoms with van der Waals surface area (Å²) < 4.78 is 5.26. The van der Waals surface area contributed by atoms with Crippen molar-refractivity contribution >= 4 is 12.6 Å². The van der Waals surface area contributed by atoms with E-state index in [9.17, 15) is 5.02 Å². The molecule has 5 heteroatoms. The van der Waals surface area contributed by atoms with Crippen molar-refractivity contribution in [3.05, 3.63) is 29.3 Å². The fraction of sp³-hybridized carbons (Fsp3) is 0.333. The Labute approximate surface area is 108 Å². The van der Waals surface area contributed by atoms with Gasteiger partial charge in [0.25, 0.3) is 0 Å². The van der Waals surface area contributed by atoms with Gasteiger partial charge in [0.15, 0.2) is 0 Å². The van der Waals surface area contributed by atoms with E-state index in [1.165, 1.54) is 0 Å². The Bertz CT molecular complexity index is 335. The predicted molar refractivity (Wildman–Crippen MR) is 50.5 cm³/mol. The summed E-state index contributed by atoms with van der Waals surface area (Å²) in [5.74, 6) is 0. The number of benzene rings is 1. The first-order chi connectivity index (χ1) is 6.24. The summed E-state index contributed by atoms with van der Waals surface area (Å²) in [7, 11) is -0.858. The topological polar surface area (TPSA) is 55.5 Å². The molecule has 1 heterocycles. The van der Waals surface area contributed by atoms with Gasteiger partial charge in [-0.15, -0.1) is 11.0 Å². The molecule has 72 valence electrons. The molecule has 0 bridgehead atoms. The molecule has 1 atom stereocenters. The van der Waals surface area contributed by atoms with Crippen molar-refractivity contribution < 1.29 is 40.8 Å². The fourth-order valence-electron chi connectivity index (χ4n) is 1.73. The van der Waals surface area contributed by atoms with Crippen molar-refractivity contribution in [1.82, 2.24) is 0 Å². The Hall–Kier alpha value is 0.217. The van der Waals surface area contributed by atoms with Crippen molar-refractivity contribution in [2.45, 2.75) is 13.0 Å². The van der Waals surface area contributed by atoms with Gasteiger partial charge in [0.05, 0.1) is 0 Å². The van der Waals surface area contributed by atoms with Crippen LogP contribution < -0.4 is 11.2 Å². The fourth-order valence-corrected chi connectivity index (χ4v) is 1.73. The van der Waals surface area contributed by atoms with E-state index >= 15 is 0 Å². The quantitative estimate of drug-likeness (QED) is 0.482. The van der Waals surface area contributed by atoms with Gasteiger partial charge in [0.2, 0.25) is 0 Å². The van der Waals surface area contributed by atoms with E-state index < -0.39 is 7.12 Å². The molecule has 14 heavy (non-hydrogen) atoms. The van der Waals surface area contributed by atoms with Gasteiger partial charge in [0.1, 0.15) is 0 Å². The largest absolute Gasteiger partial charge is 0.465 e. The average molecular weight is 414 g/mol. The molecular weight excluding hydrogens is 403 g/mol. The van der Waals surface area contributed by atoms with Gasteiger partial charge in [-0.25, -0.2) is 0 Å². The van der Waals surface area contributed by atoms with Crippen LogP contribution in [0.5, 0.6) is 0 Å². The van der Waals surface area contributed by atoms with Crippen LogP contribution in [-0.4, -0.2) is 18.7 Å². The minimum Gasteiger partial charge on any atom is -0.424 e. The zero-order valence-electron chi connectivity index (χ0n) is 7.95. The Kier molecular flexibility index (Phi) is 4.24. The molecule has 1 unspecified atom stereocenters. The number of fused-ring (bicyclic) bond motifs is 1. The van der Waals surface area contributed by atoms with Crippen molar-refractivity contribution in [2.24, 2.45) is 5.73 Å². The van der Waals surface area contributed by atoms with E-state index in [4.69, 9.17) is 10.4 Å². The van der Waals surface area contributed by atoms with Crippen LogP contribution >= 0.6 is 0 Å². The van der Waals surface area contributed by atoms with Crippen molar-refractivity contribution in [3.8, 4) is 0 Å². The molecule has 0 saturated heterocycles. The molecule has 0 amide bonds. The molecule has 0 spiro atoms. The third kappa shape index (κ3) is 1.93. The zero-order chi connectivity index (χ0) is 9.42. The Morgan fingerprint density at radius 3 is 3.07 bits per heavy atom. The molecule has 1 aliphatic heterocycles. The maximum atomic E-state index is 9.50. The van der Waals surface area contributed by atoms with Gasteiger partial charge >= 0.3 is 7.12 Å². The van der Waals surface area contributed by atoms with Crippen molar-refractivity contribution in [2.75, 3.05) is 6.54 Å². The summed E-state index contributed by atoms with van der Waals surface area (Å²) in [5, 5.41) is 9.50. The molecule has 0 radical (unpaired) electrons. The van der Waals surface area contributed by atoms with Crippen LogP contribution in [0.4, 0.5) is 0 Å². The minimum absolute atomic E-state index is 0. The van der Waals surface area contributed by atoms with Gasteiger partial charge in [-0.3, -0.25) is 0 Å². The van der Waals surface area contributed by atoms with E-state index in [-0.39, 0.29) is 37.2 Å². The SMILES string of the molecule is Cc1cc[c-]c2c1C(CN)OB2O.[U]. The number of aryl methyl sites for hydroxylation is 1. The van der Waals surface area contributed by atoms with E-state index in [0.717, 1.165) is 16.6 Å². The number of rotatable bonds is 1. The molecule has 0 fully saturated rings. The van der Waals surface area contributed by atoms with Gasteiger partial charge in [-0.05, 0) is 0 Å². The normalized spacial score (nSPS) is 19.1. The van der Waals surface area contributed by atoms with Crippen LogP contribution in [-0.2, 0) is 4.65 Å². The van der Waals surface area contributed by atoms with E-state index in [2.05, 4.69) is 6.07 Å². The molecule has 1 aromatic carbocycles. The van der Waals surface area contributed by atoms with E-state index in [1.54, 1.807) is 6.07 Å². The molecule has 3 nitrogen and oxygen atoms in total. The first-order valence-electron chi connectivity index (χ1n) is 4.28. The third-order valence-electron chi connectivity index (χ3n) is 2.36. The summed E-state index contributed by atoms with van der Waals surface area (Å²) in [6, 6.07) is 6.71. The van der Waals surface area contributed by atoms with Crippen molar-refractivity contribution in [1.29, 1.82) is 0 Å². The summed E-state index contributed by atoms with van der Waals surface area (Å²) >= 11 is 0. The number of hydrogen-bond acceptors (Lipinski definition) is 3. The Balaban J connectivity index is 0.000000980. The van der Waals surface area contributed by atoms with Gasteiger partial charge in [0, 0.05) is 43.8 Å².